The Balaban J connectivity index is 1.59. The Morgan fingerprint density at radius 3 is 2.54 bits per heavy atom. The average Bonchev–Trinajstić information content (AvgIpc) is 3.52. The molecule has 5 nitrogen and oxygen atoms in total. The second kappa shape index (κ2) is 8.19. The van der Waals surface area contributed by atoms with Gasteiger partial charge < -0.3 is 9.30 Å². The summed E-state index contributed by atoms with van der Waals surface area (Å²) < 4.78 is 11.0. The molecule has 3 aromatic rings. The SMILES string of the molecule is COc1ccc(-c2nn(CN(Cc3ccccc3Br)C3CC3)c(=S)n2C)cc1. The molecule has 146 valence electrons. The van der Waals surface area contributed by atoms with Crippen LogP contribution in [-0.2, 0) is 20.3 Å². The zero-order valence-corrected chi connectivity index (χ0v) is 18.4. The first kappa shape index (κ1) is 19.4. The van der Waals surface area contributed by atoms with Crippen molar-refractivity contribution in [3.8, 4) is 17.1 Å². The maximum Gasteiger partial charge on any atom is 0.199 e. The molecule has 4 rings (SSSR count). The Morgan fingerprint density at radius 2 is 1.89 bits per heavy atom. The van der Waals surface area contributed by atoms with Crippen molar-refractivity contribution in [2.24, 2.45) is 7.05 Å². The van der Waals surface area contributed by atoms with E-state index in [0.29, 0.717) is 12.7 Å². The van der Waals surface area contributed by atoms with Gasteiger partial charge in [0.1, 0.15) is 5.75 Å². The zero-order valence-electron chi connectivity index (χ0n) is 16.0. The zero-order chi connectivity index (χ0) is 19.7. The molecule has 0 bridgehead atoms. The number of ether oxygens (including phenoxy) is 1. The third-order valence-corrected chi connectivity index (χ3v) is 6.36. The van der Waals surface area contributed by atoms with Gasteiger partial charge in [-0.3, -0.25) is 4.90 Å². The lowest BCUT2D eigenvalue weighted by Crippen LogP contribution is -2.29. The quantitative estimate of drug-likeness (QED) is 0.466. The maximum atomic E-state index is 5.68. The molecule has 0 aliphatic heterocycles. The summed E-state index contributed by atoms with van der Waals surface area (Å²) in [5, 5.41) is 4.83. The molecule has 1 aromatic heterocycles. The molecule has 2 aromatic carbocycles. The number of hydrogen-bond acceptors (Lipinski definition) is 4. The third kappa shape index (κ3) is 4.06. The highest BCUT2D eigenvalue weighted by molar-refractivity contribution is 9.10. The van der Waals surface area contributed by atoms with Crippen LogP contribution in [0.5, 0.6) is 5.75 Å². The highest BCUT2D eigenvalue weighted by atomic mass is 79.9. The summed E-state index contributed by atoms with van der Waals surface area (Å²) in [4.78, 5) is 2.46. The largest absolute Gasteiger partial charge is 0.497 e. The van der Waals surface area contributed by atoms with Gasteiger partial charge in [-0.15, -0.1) is 0 Å². The molecule has 0 spiro atoms. The van der Waals surface area contributed by atoms with Gasteiger partial charge >= 0.3 is 0 Å². The van der Waals surface area contributed by atoms with Crippen LogP contribution in [0.2, 0.25) is 0 Å². The van der Waals surface area contributed by atoms with Crippen LogP contribution in [-0.4, -0.2) is 32.4 Å². The van der Waals surface area contributed by atoms with E-state index in [2.05, 4.69) is 39.0 Å². The maximum absolute atomic E-state index is 5.68. The summed E-state index contributed by atoms with van der Waals surface area (Å²) in [7, 11) is 3.64. The Hall–Kier alpha value is -1.96. The summed E-state index contributed by atoms with van der Waals surface area (Å²) in [6.07, 6.45) is 2.46. The predicted octanol–water partition coefficient (Wildman–Crippen LogP) is 5.01. The fraction of sp³-hybridized carbons (Fsp3) is 0.333. The van der Waals surface area contributed by atoms with E-state index in [9.17, 15) is 0 Å². The van der Waals surface area contributed by atoms with Crippen LogP contribution in [0.25, 0.3) is 11.4 Å². The molecule has 0 atom stereocenters. The number of nitrogens with zero attached hydrogens (tertiary/aromatic N) is 4. The van der Waals surface area contributed by atoms with Gasteiger partial charge in [-0.2, -0.15) is 5.10 Å². The number of halogens is 1. The topological polar surface area (TPSA) is 35.2 Å². The standard InChI is InChI=1S/C21H23BrN4OS/c1-24-20(15-7-11-18(27-2)12-8-15)23-26(21(24)28)14-25(17-9-10-17)13-16-5-3-4-6-19(16)22/h3-8,11-12,17H,9-10,13-14H2,1-2H3. The van der Waals surface area contributed by atoms with E-state index in [1.807, 2.05) is 46.6 Å². The van der Waals surface area contributed by atoms with Crippen molar-refractivity contribution in [3.05, 3.63) is 63.3 Å². The van der Waals surface area contributed by atoms with Gasteiger partial charge in [0.05, 0.1) is 13.8 Å². The Kier molecular flexibility index (Phi) is 5.66. The van der Waals surface area contributed by atoms with Crippen molar-refractivity contribution < 1.29 is 4.74 Å². The molecule has 0 amide bonds. The van der Waals surface area contributed by atoms with Gasteiger partial charge in [0.2, 0.25) is 0 Å². The van der Waals surface area contributed by atoms with Crippen molar-refractivity contribution >= 4 is 28.1 Å². The Bertz CT molecular complexity index is 1020. The Labute approximate surface area is 178 Å². The molecule has 0 N–H and O–H groups in total. The minimum absolute atomic E-state index is 0.598. The lowest BCUT2D eigenvalue weighted by Gasteiger charge is -2.22. The van der Waals surface area contributed by atoms with Gasteiger partial charge in [0, 0.05) is 29.7 Å². The predicted molar refractivity (Wildman–Crippen MR) is 117 cm³/mol. The average molecular weight is 459 g/mol. The summed E-state index contributed by atoms with van der Waals surface area (Å²) >= 11 is 9.35. The van der Waals surface area contributed by atoms with Gasteiger partial charge in [0.15, 0.2) is 10.6 Å². The van der Waals surface area contributed by atoms with Gasteiger partial charge in [0.25, 0.3) is 0 Å². The van der Waals surface area contributed by atoms with Crippen LogP contribution in [0, 0.1) is 4.77 Å². The van der Waals surface area contributed by atoms with E-state index >= 15 is 0 Å². The first-order chi connectivity index (χ1) is 13.6. The molecule has 0 saturated heterocycles. The van der Waals surface area contributed by atoms with E-state index < -0.39 is 0 Å². The lowest BCUT2D eigenvalue weighted by atomic mass is 10.2. The van der Waals surface area contributed by atoms with Crippen LogP contribution in [0.1, 0.15) is 18.4 Å². The van der Waals surface area contributed by atoms with Crippen LogP contribution in [0.3, 0.4) is 0 Å². The van der Waals surface area contributed by atoms with Crippen molar-refractivity contribution in [2.45, 2.75) is 32.1 Å². The van der Waals surface area contributed by atoms with Gasteiger partial charge in [-0.25, -0.2) is 4.68 Å². The number of hydrogen-bond donors (Lipinski definition) is 0. The summed E-state index contributed by atoms with van der Waals surface area (Å²) in [6, 6.07) is 16.9. The van der Waals surface area contributed by atoms with Crippen molar-refractivity contribution in [1.82, 2.24) is 19.2 Å². The second-order valence-corrected chi connectivity index (χ2v) is 8.32. The Morgan fingerprint density at radius 1 is 1.18 bits per heavy atom. The molecule has 0 unspecified atom stereocenters. The van der Waals surface area contributed by atoms with Crippen molar-refractivity contribution in [3.63, 3.8) is 0 Å². The molecule has 1 fully saturated rings. The van der Waals surface area contributed by atoms with Gasteiger partial charge in [-0.1, -0.05) is 34.1 Å². The van der Waals surface area contributed by atoms with Crippen LogP contribution < -0.4 is 4.74 Å². The van der Waals surface area contributed by atoms with Crippen LogP contribution in [0.15, 0.2) is 53.0 Å². The molecule has 1 aliphatic rings. The molecule has 1 aliphatic carbocycles. The monoisotopic (exact) mass is 458 g/mol. The van der Waals surface area contributed by atoms with Crippen molar-refractivity contribution in [1.29, 1.82) is 0 Å². The van der Waals surface area contributed by atoms with Crippen molar-refractivity contribution in [2.75, 3.05) is 7.11 Å². The molecular weight excluding hydrogens is 436 g/mol. The third-order valence-electron chi connectivity index (χ3n) is 5.10. The van der Waals surface area contributed by atoms with E-state index in [0.717, 1.165) is 32.9 Å². The molecule has 1 saturated carbocycles. The van der Waals surface area contributed by atoms with Crippen LogP contribution in [0.4, 0.5) is 0 Å². The fourth-order valence-electron chi connectivity index (χ4n) is 3.32. The van der Waals surface area contributed by atoms with Gasteiger partial charge in [-0.05, 0) is 61.0 Å². The summed E-state index contributed by atoms with van der Waals surface area (Å²) in [5.74, 6) is 1.70. The first-order valence-corrected chi connectivity index (χ1v) is 10.5. The normalized spacial score (nSPS) is 13.9. The number of benzene rings is 2. The highest BCUT2D eigenvalue weighted by Crippen LogP contribution is 2.30. The van der Waals surface area contributed by atoms with E-state index in [4.69, 9.17) is 22.1 Å². The molecule has 0 radical (unpaired) electrons. The van der Waals surface area contributed by atoms with E-state index in [1.165, 1.54) is 18.4 Å². The molecule has 28 heavy (non-hydrogen) atoms. The fourth-order valence-corrected chi connectivity index (χ4v) is 3.92. The molecule has 7 heteroatoms. The minimum atomic E-state index is 0.598. The highest BCUT2D eigenvalue weighted by Gasteiger charge is 2.30. The lowest BCUT2D eigenvalue weighted by molar-refractivity contribution is 0.186. The summed E-state index contributed by atoms with van der Waals surface area (Å²) in [6.45, 7) is 1.57. The minimum Gasteiger partial charge on any atom is -0.497 e. The smallest absolute Gasteiger partial charge is 0.199 e. The van der Waals surface area contributed by atoms with E-state index in [-0.39, 0.29) is 0 Å². The number of aromatic nitrogens is 3. The molecular formula is C21H23BrN4OS. The first-order valence-electron chi connectivity index (χ1n) is 9.32. The number of rotatable bonds is 7. The summed E-state index contributed by atoms with van der Waals surface area (Å²) in [5.41, 5.74) is 2.31. The van der Waals surface area contributed by atoms with E-state index in [1.54, 1.807) is 7.11 Å². The number of methoxy groups -OCH3 is 1. The second-order valence-electron chi connectivity index (χ2n) is 7.10. The molecule has 1 heterocycles. The van der Waals surface area contributed by atoms with Crippen LogP contribution >= 0.6 is 28.1 Å².